The lowest BCUT2D eigenvalue weighted by Crippen LogP contribution is -2.24. The highest BCUT2D eigenvalue weighted by Crippen LogP contribution is 2.38. The highest BCUT2D eigenvalue weighted by molar-refractivity contribution is 7.97. The number of amides is 2. The molecule has 0 spiro atoms. The van der Waals surface area contributed by atoms with Crippen LogP contribution in [0.1, 0.15) is 43.9 Å². The number of nitrogens with zero attached hydrogens (tertiary/aromatic N) is 3. The van der Waals surface area contributed by atoms with Gasteiger partial charge in [0.15, 0.2) is 0 Å². The average molecular weight is 507 g/mol. The summed E-state index contributed by atoms with van der Waals surface area (Å²) >= 11 is 1.19. The molecule has 2 aliphatic rings. The van der Waals surface area contributed by atoms with E-state index in [0.717, 1.165) is 47.5 Å². The molecule has 3 aromatic rings. The maximum absolute atomic E-state index is 12.9. The highest BCUT2D eigenvalue weighted by atomic mass is 32.2. The Hall–Kier alpha value is -3.02. The largest absolute Gasteiger partial charge is 0.475 e. The first-order valence-electron chi connectivity index (χ1n) is 12.3. The Morgan fingerprint density at radius 1 is 1.33 bits per heavy atom. The van der Waals surface area contributed by atoms with Crippen molar-refractivity contribution in [3.63, 3.8) is 0 Å². The summed E-state index contributed by atoms with van der Waals surface area (Å²) in [4.78, 5) is 17.2. The lowest BCUT2D eigenvalue weighted by Gasteiger charge is -2.17. The van der Waals surface area contributed by atoms with Crippen LogP contribution >= 0.6 is 11.9 Å². The van der Waals surface area contributed by atoms with Crippen molar-refractivity contribution >= 4 is 30.8 Å². The maximum Gasteiger partial charge on any atom is 0.454 e. The van der Waals surface area contributed by atoms with E-state index in [0.29, 0.717) is 18.8 Å². The normalized spacial score (nSPS) is 16.9. The quantitative estimate of drug-likeness (QED) is 0.304. The molecule has 2 aromatic heterocycles. The van der Waals surface area contributed by atoms with Gasteiger partial charge in [-0.05, 0) is 74.7 Å². The van der Waals surface area contributed by atoms with Crippen molar-refractivity contribution in [1.82, 2.24) is 19.5 Å². The second-order valence-electron chi connectivity index (χ2n) is 9.35. The summed E-state index contributed by atoms with van der Waals surface area (Å²) in [6.07, 6.45) is 7.82. The summed E-state index contributed by atoms with van der Waals surface area (Å²) in [7, 11) is -0.715. The third kappa shape index (κ3) is 5.69. The first-order chi connectivity index (χ1) is 17.5. The van der Waals surface area contributed by atoms with Crippen molar-refractivity contribution in [2.75, 3.05) is 11.9 Å². The molecule has 1 saturated heterocycles. The van der Waals surface area contributed by atoms with Gasteiger partial charge < -0.3 is 19.7 Å². The Kier molecular flexibility index (Phi) is 7.50. The first kappa shape index (κ1) is 24.7. The molecule has 5 rings (SSSR count). The second-order valence-corrected chi connectivity index (χ2v) is 10.2. The molecule has 1 aliphatic carbocycles. The van der Waals surface area contributed by atoms with Crippen LogP contribution in [0.4, 0.5) is 10.5 Å². The minimum absolute atomic E-state index is 0.143. The van der Waals surface area contributed by atoms with Gasteiger partial charge in [0, 0.05) is 42.0 Å². The number of benzene rings is 1. The summed E-state index contributed by atoms with van der Waals surface area (Å²) in [5.41, 5.74) is 5.07. The van der Waals surface area contributed by atoms with Gasteiger partial charge in [0.25, 0.3) is 0 Å². The van der Waals surface area contributed by atoms with Gasteiger partial charge in [0.05, 0.1) is 11.8 Å². The molecule has 3 heterocycles. The summed E-state index contributed by atoms with van der Waals surface area (Å²) in [6.45, 7) is 4.44. The minimum atomic E-state index is -0.715. The van der Waals surface area contributed by atoms with Gasteiger partial charge in [-0.2, -0.15) is 5.10 Å². The monoisotopic (exact) mass is 507 g/mol. The van der Waals surface area contributed by atoms with Crippen LogP contribution in [0.2, 0.25) is 6.32 Å². The predicted molar refractivity (Wildman–Crippen MR) is 140 cm³/mol. The number of pyridine rings is 1. The molecule has 1 unspecified atom stereocenters. The van der Waals surface area contributed by atoms with Crippen molar-refractivity contribution in [2.24, 2.45) is 0 Å². The molecule has 36 heavy (non-hydrogen) atoms. The summed E-state index contributed by atoms with van der Waals surface area (Å²) in [6, 6.07) is 9.81. The lowest BCUT2D eigenvalue weighted by atomic mass is 9.87. The summed E-state index contributed by atoms with van der Waals surface area (Å²) in [5, 5.41) is 17.8. The number of carbonyl (C=O) groups is 1. The van der Waals surface area contributed by atoms with E-state index in [1.54, 1.807) is 6.20 Å². The predicted octanol–water partition coefficient (Wildman–Crippen LogP) is 4.49. The Balaban J connectivity index is 1.31. The SMILES string of the molecule is CC(C)n1ccc(SNC(=O)Nc2c(-c3ccnc(OCC4CCB(O)O4)c3)ccc3c2CCC3)n1. The molecule has 9 nitrogen and oxygen atoms in total. The number of urea groups is 1. The van der Waals surface area contributed by atoms with Gasteiger partial charge in [0.1, 0.15) is 11.6 Å². The van der Waals surface area contributed by atoms with E-state index in [1.165, 1.54) is 23.1 Å². The van der Waals surface area contributed by atoms with Crippen LogP contribution in [0.3, 0.4) is 0 Å². The van der Waals surface area contributed by atoms with E-state index in [9.17, 15) is 9.82 Å². The van der Waals surface area contributed by atoms with E-state index in [-0.39, 0.29) is 18.2 Å². The Bertz CT molecular complexity index is 1240. The highest BCUT2D eigenvalue weighted by Gasteiger charge is 2.28. The van der Waals surface area contributed by atoms with Crippen LogP contribution < -0.4 is 14.8 Å². The number of carbonyl (C=O) groups excluding carboxylic acids is 1. The van der Waals surface area contributed by atoms with Crippen molar-refractivity contribution in [3.8, 4) is 17.0 Å². The molecule has 1 fully saturated rings. The topological polar surface area (TPSA) is 111 Å². The first-order valence-corrected chi connectivity index (χ1v) is 13.1. The molecule has 188 valence electrons. The second kappa shape index (κ2) is 10.9. The molecule has 0 bridgehead atoms. The number of fused-ring (bicyclic) bond motifs is 1. The van der Waals surface area contributed by atoms with Gasteiger partial charge in [-0.1, -0.05) is 12.1 Å². The van der Waals surface area contributed by atoms with Crippen molar-refractivity contribution < 1.29 is 19.2 Å². The van der Waals surface area contributed by atoms with Crippen LogP contribution in [-0.2, 0) is 17.5 Å². The lowest BCUT2D eigenvalue weighted by molar-refractivity contribution is 0.128. The molecule has 1 aliphatic heterocycles. The molecule has 11 heteroatoms. The number of hydrogen-bond donors (Lipinski definition) is 3. The summed E-state index contributed by atoms with van der Waals surface area (Å²) in [5.74, 6) is 0.477. The van der Waals surface area contributed by atoms with E-state index >= 15 is 0 Å². The Labute approximate surface area is 215 Å². The van der Waals surface area contributed by atoms with Crippen LogP contribution in [0.15, 0.2) is 47.8 Å². The van der Waals surface area contributed by atoms with Gasteiger partial charge in [-0.15, -0.1) is 0 Å². The number of ether oxygens (including phenoxy) is 1. The molecule has 0 radical (unpaired) electrons. The van der Waals surface area contributed by atoms with Gasteiger partial charge in [-0.25, -0.2) is 9.78 Å². The number of anilines is 1. The van der Waals surface area contributed by atoms with Gasteiger partial charge in [-0.3, -0.25) is 9.40 Å². The molecular formula is C25H30BN5O4S. The maximum atomic E-state index is 12.9. The van der Waals surface area contributed by atoms with Crippen molar-refractivity contribution in [1.29, 1.82) is 0 Å². The van der Waals surface area contributed by atoms with E-state index in [1.807, 2.05) is 35.1 Å². The smallest absolute Gasteiger partial charge is 0.454 e. The van der Waals surface area contributed by atoms with Gasteiger partial charge in [0.2, 0.25) is 5.88 Å². The average Bonchev–Trinajstić information content (AvgIpc) is 3.63. The van der Waals surface area contributed by atoms with Crippen molar-refractivity contribution in [3.05, 3.63) is 53.9 Å². The number of nitrogens with one attached hydrogen (secondary N) is 2. The number of aryl methyl sites for hydroxylation is 1. The molecular weight excluding hydrogens is 477 g/mol. The zero-order valence-electron chi connectivity index (χ0n) is 20.4. The van der Waals surface area contributed by atoms with Gasteiger partial charge >= 0.3 is 13.1 Å². The Morgan fingerprint density at radius 2 is 2.22 bits per heavy atom. The fourth-order valence-corrected chi connectivity index (χ4v) is 5.11. The molecule has 3 N–H and O–H groups in total. The van der Waals surface area contributed by atoms with Crippen LogP contribution in [0.25, 0.3) is 11.1 Å². The third-order valence-corrected chi connectivity index (χ3v) is 7.15. The minimum Gasteiger partial charge on any atom is -0.475 e. The third-order valence-electron chi connectivity index (χ3n) is 6.43. The van der Waals surface area contributed by atoms with E-state index in [2.05, 4.69) is 40.0 Å². The van der Waals surface area contributed by atoms with Crippen LogP contribution in [0.5, 0.6) is 5.88 Å². The number of aromatic nitrogens is 3. The van der Waals surface area contributed by atoms with Crippen molar-refractivity contribution in [2.45, 2.75) is 63.0 Å². The zero-order chi connectivity index (χ0) is 25.1. The van der Waals surface area contributed by atoms with E-state index < -0.39 is 7.12 Å². The molecule has 2 amide bonds. The molecule has 1 aromatic carbocycles. The number of rotatable bonds is 8. The molecule has 0 saturated carbocycles. The standard InChI is InChI=1S/C25H30BN5O4S/c1-16(2)31-13-10-23(29-31)36-30-25(32)28-24-20-5-3-4-17(20)6-7-21(24)18-9-12-27-22(14-18)34-15-19-8-11-26(33)35-19/h6-7,9-10,12-14,16,19,33H,3-5,8,11,15H2,1-2H3,(H2,28,30,32). The summed E-state index contributed by atoms with van der Waals surface area (Å²) < 4.78 is 16.0. The fraction of sp³-hybridized carbons (Fsp3) is 0.400. The number of hydrogen-bond acceptors (Lipinski definition) is 7. The molecule has 1 atom stereocenters. The Morgan fingerprint density at radius 3 is 3.00 bits per heavy atom. The fourth-order valence-electron chi connectivity index (χ4n) is 4.59. The van der Waals surface area contributed by atoms with Crippen LogP contribution in [0, 0.1) is 0 Å². The van der Waals surface area contributed by atoms with E-state index in [4.69, 9.17) is 9.39 Å². The zero-order valence-corrected chi connectivity index (χ0v) is 21.3. The van der Waals surface area contributed by atoms with Crippen LogP contribution in [-0.4, -0.2) is 45.6 Å².